The van der Waals surface area contributed by atoms with Gasteiger partial charge in [0, 0.05) is 6.54 Å². The van der Waals surface area contributed by atoms with E-state index in [2.05, 4.69) is 10.0 Å². The predicted molar refractivity (Wildman–Crippen MR) is 108 cm³/mol. The molecule has 29 heavy (non-hydrogen) atoms. The molecule has 2 rings (SSSR count). The van der Waals surface area contributed by atoms with E-state index in [0.29, 0.717) is 6.54 Å². The SMILES string of the molecule is CCNC[C@H](NS(=O)(=O)c1ccccc1)C(=O)O.Cc1ccc(S(=O)(=O)O)cc1. The Bertz CT molecular complexity index is 990. The highest BCUT2D eigenvalue weighted by atomic mass is 32.2. The van der Waals surface area contributed by atoms with E-state index in [9.17, 15) is 21.6 Å². The maximum atomic E-state index is 11.9. The Morgan fingerprint density at radius 3 is 1.97 bits per heavy atom. The number of hydrogen-bond donors (Lipinski definition) is 4. The van der Waals surface area contributed by atoms with Crippen molar-refractivity contribution in [2.75, 3.05) is 13.1 Å². The van der Waals surface area contributed by atoms with Crippen molar-refractivity contribution >= 4 is 26.1 Å². The van der Waals surface area contributed by atoms with Gasteiger partial charge in [0.05, 0.1) is 9.79 Å². The first kappa shape index (κ1) is 24.7. The summed E-state index contributed by atoms with van der Waals surface area (Å²) in [4.78, 5) is 10.9. The summed E-state index contributed by atoms with van der Waals surface area (Å²) in [5, 5.41) is 11.7. The van der Waals surface area contributed by atoms with Gasteiger partial charge in [-0.1, -0.05) is 42.8 Å². The van der Waals surface area contributed by atoms with Crippen LogP contribution in [0.2, 0.25) is 0 Å². The Labute approximate surface area is 170 Å². The van der Waals surface area contributed by atoms with Crippen LogP contribution in [0.4, 0.5) is 0 Å². The van der Waals surface area contributed by atoms with Crippen molar-refractivity contribution < 1.29 is 31.3 Å². The van der Waals surface area contributed by atoms with Gasteiger partial charge in [-0.05, 0) is 37.7 Å². The van der Waals surface area contributed by atoms with E-state index in [4.69, 9.17) is 9.66 Å². The van der Waals surface area contributed by atoms with E-state index < -0.39 is 32.2 Å². The fraction of sp³-hybridized carbons (Fsp3) is 0.278. The van der Waals surface area contributed by atoms with Crippen LogP contribution in [0.3, 0.4) is 0 Å². The highest BCUT2D eigenvalue weighted by Crippen LogP contribution is 2.09. The van der Waals surface area contributed by atoms with Crippen molar-refractivity contribution in [3.05, 3.63) is 60.2 Å². The van der Waals surface area contributed by atoms with E-state index in [1.165, 1.54) is 24.3 Å². The van der Waals surface area contributed by atoms with Crippen molar-refractivity contribution in [1.82, 2.24) is 10.0 Å². The molecule has 0 heterocycles. The fourth-order valence-electron chi connectivity index (χ4n) is 2.03. The topological polar surface area (TPSA) is 150 Å². The lowest BCUT2D eigenvalue weighted by atomic mass is 10.2. The molecule has 0 aliphatic carbocycles. The second-order valence-corrected chi connectivity index (χ2v) is 9.06. The molecule has 0 saturated carbocycles. The first-order valence-electron chi connectivity index (χ1n) is 8.52. The number of sulfonamides is 1. The van der Waals surface area contributed by atoms with E-state index in [0.717, 1.165) is 5.56 Å². The molecular formula is C18H24N2O7S2. The summed E-state index contributed by atoms with van der Waals surface area (Å²) in [7, 11) is -7.83. The van der Waals surface area contributed by atoms with E-state index in [1.807, 2.05) is 13.8 Å². The van der Waals surface area contributed by atoms with Gasteiger partial charge in [0.1, 0.15) is 6.04 Å². The van der Waals surface area contributed by atoms with Gasteiger partial charge in [-0.15, -0.1) is 0 Å². The molecule has 2 aromatic rings. The normalized spacial score (nSPS) is 12.5. The van der Waals surface area contributed by atoms with Crippen LogP contribution in [-0.4, -0.2) is 51.6 Å². The fourth-order valence-corrected chi connectivity index (χ4v) is 3.72. The molecule has 0 saturated heterocycles. The Balaban J connectivity index is 0.000000326. The third-order valence-corrected chi connectivity index (χ3v) is 5.92. The maximum absolute atomic E-state index is 11.9. The quantitative estimate of drug-likeness (QED) is 0.445. The smallest absolute Gasteiger partial charge is 0.323 e. The zero-order valence-corrected chi connectivity index (χ0v) is 17.6. The van der Waals surface area contributed by atoms with Gasteiger partial charge in [-0.25, -0.2) is 8.42 Å². The van der Waals surface area contributed by atoms with Crippen molar-refractivity contribution in [3.63, 3.8) is 0 Å². The van der Waals surface area contributed by atoms with Gasteiger partial charge in [0.25, 0.3) is 10.1 Å². The number of aryl methyl sites for hydroxylation is 1. The van der Waals surface area contributed by atoms with Crippen LogP contribution in [0.5, 0.6) is 0 Å². The second kappa shape index (κ2) is 11.0. The standard InChI is InChI=1S/C11H16N2O4S.C7H8O3S/c1-2-12-8-10(11(14)15)13-18(16,17)9-6-4-3-5-7-9;1-6-2-4-7(5-3-6)11(8,9)10/h3-7,10,12-13H,2,8H2,1H3,(H,14,15);2-5H,1H3,(H,8,9,10)/t10-;/m0./s1. The zero-order valence-electron chi connectivity index (χ0n) is 15.9. The van der Waals surface area contributed by atoms with Crippen LogP contribution in [-0.2, 0) is 24.9 Å². The first-order chi connectivity index (χ1) is 13.5. The summed E-state index contributed by atoms with van der Waals surface area (Å²) in [6.07, 6.45) is 0. The summed E-state index contributed by atoms with van der Waals surface area (Å²) in [5.74, 6) is -1.21. The number of hydrogen-bond acceptors (Lipinski definition) is 6. The third-order valence-electron chi connectivity index (χ3n) is 3.57. The molecular weight excluding hydrogens is 420 g/mol. The lowest BCUT2D eigenvalue weighted by Gasteiger charge is -2.14. The molecule has 11 heteroatoms. The van der Waals surface area contributed by atoms with Crippen LogP contribution < -0.4 is 10.0 Å². The highest BCUT2D eigenvalue weighted by Gasteiger charge is 2.24. The van der Waals surface area contributed by atoms with Crippen LogP contribution in [0.15, 0.2) is 64.4 Å². The van der Waals surface area contributed by atoms with E-state index in [-0.39, 0.29) is 16.3 Å². The average Bonchev–Trinajstić information content (AvgIpc) is 2.66. The number of likely N-dealkylation sites (N-methyl/N-ethyl adjacent to an activating group) is 1. The molecule has 0 spiro atoms. The largest absolute Gasteiger partial charge is 0.480 e. The molecule has 9 nitrogen and oxygen atoms in total. The second-order valence-electron chi connectivity index (χ2n) is 5.92. The summed E-state index contributed by atoms with van der Waals surface area (Å²) in [6.45, 7) is 4.26. The third kappa shape index (κ3) is 8.71. The average molecular weight is 445 g/mol. The molecule has 0 fully saturated rings. The van der Waals surface area contributed by atoms with Gasteiger partial charge < -0.3 is 10.4 Å². The molecule has 0 aliphatic rings. The van der Waals surface area contributed by atoms with Gasteiger partial charge in [-0.3, -0.25) is 9.35 Å². The van der Waals surface area contributed by atoms with Gasteiger partial charge in [0.15, 0.2) is 0 Å². The zero-order chi connectivity index (χ0) is 22.1. The van der Waals surface area contributed by atoms with Crippen LogP contribution >= 0.6 is 0 Å². The lowest BCUT2D eigenvalue weighted by molar-refractivity contribution is -0.138. The highest BCUT2D eigenvalue weighted by molar-refractivity contribution is 7.89. The Kier molecular flexibility index (Phi) is 9.40. The molecule has 0 aromatic heterocycles. The van der Waals surface area contributed by atoms with Crippen molar-refractivity contribution in [2.45, 2.75) is 29.7 Å². The summed E-state index contributed by atoms with van der Waals surface area (Å²) in [5.41, 5.74) is 0.956. The van der Waals surface area contributed by atoms with E-state index in [1.54, 1.807) is 30.3 Å². The number of nitrogens with one attached hydrogen (secondary N) is 2. The molecule has 0 aliphatic heterocycles. The van der Waals surface area contributed by atoms with Crippen LogP contribution in [0.1, 0.15) is 12.5 Å². The first-order valence-corrected chi connectivity index (χ1v) is 11.4. The van der Waals surface area contributed by atoms with Gasteiger partial charge >= 0.3 is 5.97 Å². The molecule has 4 N–H and O–H groups in total. The van der Waals surface area contributed by atoms with Gasteiger partial charge in [-0.2, -0.15) is 13.1 Å². The van der Waals surface area contributed by atoms with E-state index >= 15 is 0 Å². The number of benzene rings is 2. The molecule has 0 unspecified atom stereocenters. The summed E-state index contributed by atoms with van der Waals surface area (Å²) >= 11 is 0. The summed E-state index contributed by atoms with van der Waals surface area (Å²) < 4.78 is 55.5. The van der Waals surface area contributed by atoms with Gasteiger partial charge in [0.2, 0.25) is 10.0 Å². The minimum atomic E-state index is -4.02. The molecule has 0 amide bonds. The number of carboxylic acids is 1. The molecule has 0 bridgehead atoms. The molecule has 160 valence electrons. The predicted octanol–water partition coefficient (Wildman–Crippen LogP) is 1.27. The molecule has 1 atom stereocenters. The Morgan fingerprint density at radius 1 is 0.966 bits per heavy atom. The number of carboxylic acid groups (broad SMARTS) is 1. The van der Waals surface area contributed by atoms with Crippen LogP contribution in [0.25, 0.3) is 0 Å². The van der Waals surface area contributed by atoms with Crippen LogP contribution in [0, 0.1) is 6.92 Å². The van der Waals surface area contributed by atoms with Crippen molar-refractivity contribution in [2.24, 2.45) is 0 Å². The number of rotatable bonds is 8. The Hall–Kier alpha value is -2.31. The monoisotopic (exact) mass is 444 g/mol. The van der Waals surface area contributed by atoms with Crippen molar-refractivity contribution in [1.29, 1.82) is 0 Å². The molecule has 0 radical (unpaired) electrons. The number of aliphatic carboxylic acids is 1. The van der Waals surface area contributed by atoms with Crippen molar-refractivity contribution in [3.8, 4) is 0 Å². The minimum Gasteiger partial charge on any atom is -0.480 e. The summed E-state index contributed by atoms with van der Waals surface area (Å²) in [6, 6.07) is 12.5. The number of carbonyl (C=O) groups is 1. The lowest BCUT2D eigenvalue weighted by Crippen LogP contribution is -2.47. The molecule has 2 aromatic carbocycles. The maximum Gasteiger partial charge on any atom is 0.323 e. The Morgan fingerprint density at radius 2 is 1.52 bits per heavy atom. The minimum absolute atomic E-state index is 0.0396.